The average molecular weight is 422 g/mol. The molecule has 3 heterocycles. The van der Waals surface area contributed by atoms with Crippen molar-refractivity contribution >= 4 is 11.0 Å². The zero-order valence-corrected chi connectivity index (χ0v) is 17.2. The highest BCUT2D eigenvalue weighted by Crippen LogP contribution is 2.45. The lowest BCUT2D eigenvalue weighted by Gasteiger charge is -2.27. The number of allylic oxidation sites excluding steroid dienone is 1. The third-order valence-corrected chi connectivity index (χ3v) is 5.54. The van der Waals surface area contributed by atoms with Crippen LogP contribution in [-0.2, 0) is 0 Å². The molecule has 6 heteroatoms. The Labute approximate surface area is 183 Å². The number of ether oxygens (including phenoxy) is 2. The molecule has 0 saturated heterocycles. The molecule has 1 aliphatic rings. The summed E-state index contributed by atoms with van der Waals surface area (Å²) in [5, 5.41) is 0.645. The van der Waals surface area contributed by atoms with Gasteiger partial charge in [-0.05, 0) is 35.9 Å². The second-order valence-corrected chi connectivity index (χ2v) is 7.29. The van der Waals surface area contributed by atoms with Crippen LogP contribution in [-0.4, -0.2) is 12.1 Å². The van der Waals surface area contributed by atoms with Gasteiger partial charge < -0.3 is 19.6 Å². The number of nitrogens with two attached hydrogens (primary N) is 1. The minimum Gasteiger partial charge on any atom is -0.496 e. The molecule has 0 radical (unpaired) electrons. The van der Waals surface area contributed by atoms with E-state index in [1.165, 1.54) is 0 Å². The van der Waals surface area contributed by atoms with Crippen molar-refractivity contribution in [3.05, 3.63) is 100.0 Å². The number of fused-ring (bicyclic) bond motifs is 3. The van der Waals surface area contributed by atoms with E-state index in [4.69, 9.17) is 26.0 Å². The summed E-state index contributed by atoms with van der Waals surface area (Å²) in [6, 6.07) is 16.5. The van der Waals surface area contributed by atoms with E-state index >= 15 is 0 Å². The number of pyridine rings is 1. The number of para-hydroxylation sites is 1. The molecular formula is C26H18N2O4. The summed E-state index contributed by atoms with van der Waals surface area (Å²) in [5.74, 6) is 3.09. The lowest BCUT2D eigenvalue weighted by molar-refractivity contribution is 0.388. The molecule has 0 fully saturated rings. The van der Waals surface area contributed by atoms with E-state index in [1.54, 1.807) is 31.6 Å². The van der Waals surface area contributed by atoms with Crippen molar-refractivity contribution in [2.24, 2.45) is 5.73 Å². The van der Waals surface area contributed by atoms with Crippen LogP contribution in [0.5, 0.6) is 11.5 Å². The Hall–Kier alpha value is -4.50. The standard InChI is InChI=1S/C26H18N2O4/c1-3-17-22(15-10-11-20(30-2)19(13-15)16-7-6-12-28-14-16)23-24(32-25(17)27)18-8-4-5-9-21(18)31-26(23)29/h1,4-14,22H,27H2,2H3. The zero-order valence-electron chi connectivity index (χ0n) is 17.2. The van der Waals surface area contributed by atoms with E-state index in [9.17, 15) is 4.79 Å². The number of nitrogens with zero attached hydrogens (tertiary/aromatic N) is 1. The van der Waals surface area contributed by atoms with Gasteiger partial charge in [0, 0.05) is 23.5 Å². The van der Waals surface area contributed by atoms with Gasteiger partial charge in [-0.25, -0.2) is 4.79 Å². The molecule has 1 atom stereocenters. The number of methoxy groups -OCH3 is 1. The predicted octanol–water partition coefficient (Wildman–Crippen LogP) is 4.19. The van der Waals surface area contributed by atoms with Gasteiger partial charge in [0.1, 0.15) is 11.3 Å². The van der Waals surface area contributed by atoms with Gasteiger partial charge in [0.25, 0.3) is 0 Å². The maximum absolute atomic E-state index is 13.1. The zero-order chi connectivity index (χ0) is 22.2. The van der Waals surface area contributed by atoms with Crippen LogP contribution in [0.2, 0.25) is 0 Å². The number of rotatable bonds is 3. The van der Waals surface area contributed by atoms with E-state index < -0.39 is 11.5 Å². The highest BCUT2D eigenvalue weighted by molar-refractivity contribution is 5.86. The topological polar surface area (TPSA) is 87.6 Å². The van der Waals surface area contributed by atoms with Crippen LogP contribution in [0.3, 0.4) is 0 Å². The summed E-state index contributed by atoms with van der Waals surface area (Å²) in [7, 11) is 1.60. The van der Waals surface area contributed by atoms with Crippen molar-refractivity contribution in [2.45, 2.75) is 5.92 Å². The molecule has 4 aromatic rings. The maximum atomic E-state index is 13.1. The number of hydrogen-bond donors (Lipinski definition) is 1. The first kappa shape index (κ1) is 19.5. The third-order valence-electron chi connectivity index (χ3n) is 5.54. The molecule has 2 aromatic carbocycles. The van der Waals surface area contributed by atoms with Gasteiger partial charge in [-0.3, -0.25) is 4.98 Å². The first-order chi connectivity index (χ1) is 15.6. The average Bonchev–Trinajstić information content (AvgIpc) is 2.83. The number of benzene rings is 2. The van der Waals surface area contributed by atoms with Gasteiger partial charge in [-0.2, -0.15) is 0 Å². The molecule has 0 bridgehead atoms. The highest BCUT2D eigenvalue weighted by atomic mass is 16.5. The lowest BCUT2D eigenvalue weighted by Crippen LogP contribution is -2.26. The second-order valence-electron chi connectivity index (χ2n) is 7.29. The summed E-state index contributed by atoms with van der Waals surface area (Å²) < 4.78 is 17.0. The lowest BCUT2D eigenvalue weighted by atomic mass is 9.82. The molecule has 2 N–H and O–H groups in total. The molecule has 2 aromatic heterocycles. The van der Waals surface area contributed by atoms with Crippen LogP contribution in [0.4, 0.5) is 0 Å². The normalized spacial score (nSPS) is 15.1. The molecule has 156 valence electrons. The van der Waals surface area contributed by atoms with E-state index in [-0.39, 0.29) is 5.88 Å². The fourth-order valence-corrected chi connectivity index (χ4v) is 4.09. The van der Waals surface area contributed by atoms with Crippen molar-refractivity contribution in [3.8, 4) is 35.0 Å². The Morgan fingerprint density at radius 3 is 2.75 bits per heavy atom. The summed E-state index contributed by atoms with van der Waals surface area (Å²) >= 11 is 0. The maximum Gasteiger partial charge on any atom is 0.344 e. The monoisotopic (exact) mass is 422 g/mol. The smallest absolute Gasteiger partial charge is 0.344 e. The molecule has 32 heavy (non-hydrogen) atoms. The SMILES string of the molecule is C#CC1=C(N)Oc2c(c(=O)oc3ccccc23)C1c1ccc(OC)c(-c2cccnc2)c1. The molecule has 1 aliphatic heterocycles. The minimum absolute atomic E-state index is 0.0829. The van der Waals surface area contributed by atoms with Gasteiger partial charge >= 0.3 is 5.63 Å². The number of terminal acetylenes is 1. The second kappa shape index (κ2) is 7.64. The predicted molar refractivity (Wildman–Crippen MR) is 121 cm³/mol. The molecule has 1 unspecified atom stereocenters. The van der Waals surface area contributed by atoms with Crippen LogP contribution < -0.4 is 20.8 Å². The van der Waals surface area contributed by atoms with Crippen LogP contribution >= 0.6 is 0 Å². The van der Waals surface area contributed by atoms with Crippen molar-refractivity contribution in [3.63, 3.8) is 0 Å². The van der Waals surface area contributed by atoms with Gasteiger partial charge in [0.2, 0.25) is 5.88 Å². The molecular weight excluding hydrogens is 404 g/mol. The van der Waals surface area contributed by atoms with Gasteiger partial charge in [0.05, 0.1) is 29.6 Å². The van der Waals surface area contributed by atoms with E-state index in [1.807, 2.05) is 42.5 Å². The Bertz CT molecular complexity index is 1480. The molecule has 0 aliphatic carbocycles. The summed E-state index contributed by atoms with van der Waals surface area (Å²) in [5.41, 5.74) is 9.22. The van der Waals surface area contributed by atoms with Crippen molar-refractivity contribution in [2.75, 3.05) is 7.11 Å². The number of hydrogen-bond acceptors (Lipinski definition) is 6. The van der Waals surface area contributed by atoms with Crippen LogP contribution in [0.25, 0.3) is 22.1 Å². The highest BCUT2D eigenvalue weighted by Gasteiger charge is 2.35. The third kappa shape index (κ3) is 2.99. The van der Waals surface area contributed by atoms with Gasteiger partial charge in [-0.15, -0.1) is 6.42 Å². The first-order valence-electron chi connectivity index (χ1n) is 9.90. The van der Waals surface area contributed by atoms with E-state index in [2.05, 4.69) is 10.9 Å². The molecule has 0 amide bonds. The molecule has 5 rings (SSSR count). The Morgan fingerprint density at radius 2 is 2.00 bits per heavy atom. The Balaban J connectivity index is 1.80. The quantitative estimate of drug-likeness (QED) is 0.393. The summed E-state index contributed by atoms with van der Waals surface area (Å²) in [6.07, 6.45) is 9.25. The van der Waals surface area contributed by atoms with Gasteiger partial charge in [-0.1, -0.05) is 30.2 Å². The summed E-state index contributed by atoms with van der Waals surface area (Å²) in [4.78, 5) is 17.3. The van der Waals surface area contributed by atoms with E-state index in [0.717, 1.165) is 16.7 Å². The molecule has 0 saturated carbocycles. The molecule has 0 spiro atoms. The Kier molecular flexibility index (Phi) is 4.65. The fraction of sp³-hybridized carbons (Fsp3) is 0.0769. The number of aromatic nitrogens is 1. The largest absolute Gasteiger partial charge is 0.496 e. The van der Waals surface area contributed by atoms with Crippen molar-refractivity contribution in [1.82, 2.24) is 4.98 Å². The van der Waals surface area contributed by atoms with Crippen LogP contribution in [0, 0.1) is 12.3 Å². The first-order valence-corrected chi connectivity index (χ1v) is 9.90. The summed E-state index contributed by atoms with van der Waals surface area (Å²) in [6.45, 7) is 0. The molecule has 6 nitrogen and oxygen atoms in total. The fourth-order valence-electron chi connectivity index (χ4n) is 4.09. The van der Waals surface area contributed by atoms with Gasteiger partial charge in [0.15, 0.2) is 5.75 Å². The van der Waals surface area contributed by atoms with Crippen LogP contribution in [0.15, 0.2) is 87.7 Å². The van der Waals surface area contributed by atoms with Crippen LogP contribution in [0.1, 0.15) is 17.0 Å². The minimum atomic E-state index is -0.633. The van der Waals surface area contributed by atoms with Crippen molar-refractivity contribution < 1.29 is 13.9 Å². The Morgan fingerprint density at radius 1 is 1.16 bits per heavy atom. The van der Waals surface area contributed by atoms with Crippen molar-refractivity contribution in [1.29, 1.82) is 0 Å². The van der Waals surface area contributed by atoms with E-state index in [0.29, 0.717) is 33.6 Å².